The first-order valence-corrected chi connectivity index (χ1v) is 12.9. The first-order valence-electron chi connectivity index (χ1n) is 12.9. The molecule has 0 saturated heterocycles. The molecule has 4 nitrogen and oxygen atoms in total. The van der Waals surface area contributed by atoms with Crippen molar-refractivity contribution < 1.29 is 19.7 Å². The molecular weight excluding hydrogens is 460 g/mol. The molecule has 0 saturated carbocycles. The summed E-state index contributed by atoms with van der Waals surface area (Å²) < 4.78 is 11.8. The highest BCUT2D eigenvalue weighted by atomic mass is 16.5. The van der Waals surface area contributed by atoms with Crippen molar-refractivity contribution in [1.82, 2.24) is 0 Å². The Morgan fingerprint density at radius 3 is 1.41 bits per heavy atom. The van der Waals surface area contributed by atoms with Crippen molar-refractivity contribution in [3.05, 3.63) is 118 Å². The molecule has 0 aromatic heterocycles. The van der Waals surface area contributed by atoms with Gasteiger partial charge in [-0.1, -0.05) is 72.8 Å². The predicted octanol–water partition coefficient (Wildman–Crippen LogP) is 6.19. The molecule has 0 spiro atoms. The number of aliphatic hydroxyl groups excluding tert-OH is 2. The first-order chi connectivity index (χ1) is 17.8. The normalized spacial score (nSPS) is 15.0. The van der Waals surface area contributed by atoms with Gasteiger partial charge in [0, 0.05) is 0 Å². The molecule has 4 aromatic carbocycles. The highest BCUT2D eigenvalue weighted by Gasteiger charge is 2.46. The van der Waals surface area contributed by atoms with Gasteiger partial charge in [-0.3, -0.25) is 0 Å². The summed E-state index contributed by atoms with van der Waals surface area (Å²) in [4.78, 5) is 0. The molecule has 1 aliphatic rings. The summed E-state index contributed by atoms with van der Waals surface area (Å²) in [5.74, 6) is 1.55. The average molecular weight is 495 g/mol. The zero-order valence-electron chi connectivity index (χ0n) is 21.9. The second-order valence-electron chi connectivity index (χ2n) is 10.1. The van der Waals surface area contributed by atoms with Crippen LogP contribution in [0.15, 0.2) is 84.9 Å². The van der Waals surface area contributed by atoms with Gasteiger partial charge in [0.05, 0.1) is 17.6 Å². The minimum absolute atomic E-state index is 0.254. The van der Waals surface area contributed by atoms with Gasteiger partial charge in [0.15, 0.2) is 0 Å². The minimum Gasteiger partial charge on any atom is -0.491 e. The van der Waals surface area contributed by atoms with Gasteiger partial charge in [0.1, 0.15) is 24.7 Å². The molecule has 4 aromatic rings. The van der Waals surface area contributed by atoms with E-state index >= 15 is 0 Å². The number of aryl methyl sites for hydroxylation is 2. The van der Waals surface area contributed by atoms with Gasteiger partial charge in [-0.05, 0) is 84.3 Å². The molecule has 190 valence electrons. The second-order valence-corrected chi connectivity index (χ2v) is 10.1. The fourth-order valence-electron chi connectivity index (χ4n) is 5.53. The van der Waals surface area contributed by atoms with Crippen LogP contribution >= 0.6 is 0 Å². The maximum Gasteiger partial charge on any atom is 0.122 e. The highest BCUT2D eigenvalue weighted by molar-refractivity contribution is 5.86. The molecule has 2 N–H and O–H groups in total. The van der Waals surface area contributed by atoms with E-state index < -0.39 is 17.6 Å². The Morgan fingerprint density at radius 1 is 0.622 bits per heavy atom. The zero-order valence-corrected chi connectivity index (χ0v) is 21.9. The van der Waals surface area contributed by atoms with Crippen molar-refractivity contribution in [3.63, 3.8) is 0 Å². The topological polar surface area (TPSA) is 58.9 Å². The van der Waals surface area contributed by atoms with Crippen LogP contribution in [0.5, 0.6) is 11.5 Å². The molecule has 1 aliphatic carbocycles. The molecule has 0 bridgehead atoms. The van der Waals surface area contributed by atoms with Crippen LogP contribution in [-0.2, 0) is 5.41 Å². The quantitative estimate of drug-likeness (QED) is 0.270. The molecule has 5 rings (SSSR count). The monoisotopic (exact) mass is 494 g/mol. The van der Waals surface area contributed by atoms with E-state index in [0.717, 1.165) is 33.8 Å². The molecule has 0 aliphatic heterocycles. The SMILES string of the molecule is Cc1cc(C2(c3ccc(OCC(C)O)c(C)c3)c3ccccc3-c3ccccc32)ccc1OCC(C)O. The summed E-state index contributed by atoms with van der Waals surface area (Å²) in [6.07, 6.45) is -1.06. The first kappa shape index (κ1) is 25.1. The van der Waals surface area contributed by atoms with Gasteiger partial charge in [-0.2, -0.15) is 0 Å². The third kappa shape index (κ3) is 4.41. The number of hydrogen-bond donors (Lipinski definition) is 2. The summed E-state index contributed by atoms with van der Waals surface area (Å²) in [6.45, 7) is 8.07. The van der Waals surface area contributed by atoms with Gasteiger partial charge >= 0.3 is 0 Å². The van der Waals surface area contributed by atoms with Crippen LogP contribution < -0.4 is 9.47 Å². The third-order valence-corrected chi connectivity index (χ3v) is 7.13. The Kier molecular flexibility index (Phi) is 6.80. The largest absolute Gasteiger partial charge is 0.491 e. The van der Waals surface area contributed by atoms with Gasteiger partial charge in [0.25, 0.3) is 0 Å². The van der Waals surface area contributed by atoms with E-state index in [2.05, 4.69) is 86.6 Å². The summed E-state index contributed by atoms with van der Waals surface area (Å²) in [5, 5.41) is 19.4. The van der Waals surface area contributed by atoms with Crippen molar-refractivity contribution in [2.75, 3.05) is 13.2 Å². The van der Waals surface area contributed by atoms with E-state index in [-0.39, 0.29) is 13.2 Å². The molecule has 0 heterocycles. The van der Waals surface area contributed by atoms with Crippen molar-refractivity contribution in [3.8, 4) is 22.6 Å². The van der Waals surface area contributed by atoms with E-state index in [1.54, 1.807) is 13.8 Å². The molecule has 0 fully saturated rings. The predicted molar refractivity (Wildman–Crippen MR) is 148 cm³/mol. The second kappa shape index (κ2) is 10.0. The van der Waals surface area contributed by atoms with E-state index in [1.165, 1.54) is 22.3 Å². The lowest BCUT2D eigenvalue weighted by atomic mass is 9.67. The lowest BCUT2D eigenvalue weighted by Crippen LogP contribution is -2.29. The lowest BCUT2D eigenvalue weighted by Gasteiger charge is -2.34. The van der Waals surface area contributed by atoms with E-state index in [1.807, 2.05) is 12.1 Å². The van der Waals surface area contributed by atoms with Gasteiger partial charge in [-0.25, -0.2) is 0 Å². The number of benzene rings is 4. The zero-order chi connectivity index (χ0) is 26.2. The van der Waals surface area contributed by atoms with Crippen molar-refractivity contribution in [2.24, 2.45) is 0 Å². The number of aliphatic hydroxyl groups is 2. The summed E-state index contributed by atoms with van der Waals surface area (Å²) in [5.41, 5.74) is 8.78. The van der Waals surface area contributed by atoms with Crippen LogP contribution in [-0.4, -0.2) is 35.6 Å². The minimum atomic E-state index is -0.531. The summed E-state index contributed by atoms with van der Waals surface area (Å²) >= 11 is 0. The Bertz CT molecular complexity index is 1310. The lowest BCUT2D eigenvalue weighted by molar-refractivity contribution is 0.122. The number of rotatable bonds is 8. The smallest absolute Gasteiger partial charge is 0.122 e. The number of fused-ring (bicyclic) bond motifs is 3. The standard InChI is InChI=1S/C33H34O4/c1-21-17-25(13-15-31(21)36-19-23(3)34)33(26-14-16-32(22(2)18-26)37-20-24(4)35)29-11-7-5-9-27(29)28-10-6-8-12-30(28)33/h5-18,23-24,34-35H,19-20H2,1-4H3. The van der Waals surface area contributed by atoms with E-state index in [0.29, 0.717) is 0 Å². The summed E-state index contributed by atoms with van der Waals surface area (Å²) in [7, 11) is 0. The fraction of sp³-hybridized carbons (Fsp3) is 0.273. The summed E-state index contributed by atoms with van der Waals surface area (Å²) in [6, 6.07) is 30.1. The van der Waals surface area contributed by atoms with Crippen LogP contribution in [0.3, 0.4) is 0 Å². The molecule has 37 heavy (non-hydrogen) atoms. The van der Waals surface area contributed by atoms with Crippen LogP contribution in [0.1, 0.15) is 47.2 Å². The van der Waals surface area contributed by atoms with E-state index in [4.69, 9.17) is 9.47 Å². The molecule has 2 atom stereocenters. The van der Waals surface area contributed by atoms with Gasteiger partial charge in [-0.15, -0.1) is 0 Å². The molecular formula is C33H34O4. The maximum absolute atomic E-state index is 9.71. The van der Waals surface area contributed by atoms with Crippen LogP contribution in [0.4, 0.5) is 0 Å². The number of ether oxygens (including phenoxy) is 2. The Balaban J connectivity index is 1.74. The van der Waals surface area contributed by atoms with Crippen LogP contribution in [0, 0.1) is 13.8 Å². The van der Waals surface area contributed by atoms with Crippen LogP contribution in [0.25, 0.3) is 11.1 Å². The maximum atomic E-state index is 9.71. The molecule has 2 unspecified atom stereocenters. The highest BCUT2D eigenvalue weighted by Crippen LogP contribution is 2.56. The fourth-order valence-corrected chi connectivity index (χ4v) is 5.53. The number of hydrogen-bond acceptors (Lipinski definition) is 4. The van der Waals surface area contributed by atoms with Crippen molar-refractivity contribution in [1.29, 1.82) is 0 Å². The Hall–Kier alpha value is -3.60. The van der Waals surface area contributed by atoms with E-state index in [9.17, 15) is 10.2 Å². The third-order valence-electron chi connectivity index (χ3n) is 7.13. The molecule has 0 amide bonds. The van der Waals surface area contributed by atoms with Crippen molar-refractivity contribution in [2.45, 2.75) is 45.3 Å². The molecule has 0 radical (unpaired) electrons. The van der Waals surface area contributed by atoms with Crippen LogP contribution in [0.2, 0.25) is 0 Å². The Morgan fingerprint density at radius 2 is 1.03 bits per heavy atom. The average Bonchev–Trinajstić information content (AvgIpc) is 3.18. The van der Waals surface area contributed by atoms with Crippen molar-refractivity contribution >= 4 is 0 Å². The van der Waals surface area contributed by atoms with Gasteiger partial charge in [0.2, 0.25) is 0 Å². The molecule has 4 heteroatoms. The Labute approximate surface area is 219 Å². The van der Waals surface area contributed by atoms with Gasteiger partial charge < -0.3 is 19.7 Å².